The van der Waals surface area contributed by atoms with Gasteiger partial charge in [-0.15, -0.1) is 0 Å². The van der Waals surface area contributed by atoms with Crippen LogP contribution in [0.1, 0.15) is 70.6 Å². The van der Waals surface area contributed by atoms with Crippen LogP contribution in [-0.2, 0) is 14.4 Å². The van der Waals surface area contributed by atoms with E-state index in [0.29, 0.717) is 44.0 Å². The molecule has 2 aliphatic heterocycles. The second-order valence-corrected chi connectivity index (χ2v) is 9.77. The number of rotatable bonds is 16. The van der Waals surface area contributed by atoms with Gasteiger partial charge >= 0.3 is 18.0 Å². The van der Waals surface area contributed by atoms with Crippen LogP contribution in [0, 0.1) is 5.92 Å². The summed E-state index contributed by atoms with van der Waals surface area (Å²) >= 11 is 1.85. The van der Waals surface area contributed by atoms with Gasteiger partial charge in [-0.25, -0.2) is 4.79 Å². The number of thioether (sulfide) groups is 1. The van der Waals surface area contributed by atoms with Gasteiger partial charge in [-0.05, 0) is 51.6 Å². The lowest BCUT2D eigenvalue weighted by Gasteiger charge is -2.16. The maximum absolute atomic E-state index is 12.1. The summed E-state index contributed by atoms with van der Waals surface area (Å²) in [5.41, 5.74) is 10.6. The van der Waals surface area contributed by atoms with Crippen LogP contribution in [0.3, 0.4) is 0 Å². The van der Waals surface area contributed by atoms with E-state index in [2.05, 4.69) is 10.6 Å². The Bertz CT molecular complexity index is 636. The smallest absolute Gasteiger partial charge is 0.315 e. The van der Waals surface area contributed by atoms with E-state index in [0.717, 1.165) is 44.3 Å². The number of amides is 2. The summed E-state index contributed by atoms with van der Waals surface area (Å²) in [5.74, 6) is -1.87. The zero-order valence-corrected chi connectivity index (χ0v) is 20.1. The predicted molar refractivity (Wildman–Crippen MR) is 128 cm³/mol. The van der Waals surface area contributed by atoms with Crippen LogP contribution in [0.2, 0.25) is 0 Å². The normalized spacial score (nSPS) is 21.9. The molecule has 2 amide bonds. The molecule has 2 rings (SSSR count). The van der Waals surface area contributed by atoms with E-state index in [1.807, 2.05) is 11.8 Å². The Morgan fingerprint density at radius 3 is 2.24 bits per heavy atom. The van der Waals surface area contributed by atoms with E-state index < -0.39 is 17.9 Å². The highest BCUT2D eigenvalue weighted by Crippen LogP contribution is 2.33. The number of hydrogen-bond acceptors (Lipinski definition) is 7. The van der Waals surface area contributed by atoms with Crippen LogP contribution < -0.4 is 22.1 Å². The highest BCUT2D eigenvalue weighted by atomic mass is 32.2. The van der Waals surface area contributed by atoms with Crippen molar-refractivity contribution in [2.45, 2.75) is 88.0 Å². The third-order valence-electron chi connectivity index (χ3n) is 5.83. The van der Waals surface area contributed by atoms with Crippen molar-refractivity contribution in [1.82, 2.24) is 10.6 Å². The Morgan fingerprint density at radius 1 is 0.939 bits per heavy atom. The Balaban J connectivity index is 0.000000513. The fourth-order valence-corrected chi connectivity index (χ4v) is 5.52. The fraction of sp³-hybridized carbons (Fsp3) is 0.818. The molecule has 0 aromatic carbocycles. The van der Waals surface area contributed by atoms with Crippen LogP contribution in [0.5, 0.6) is 0 Å². The van der Waals surface area contributed by atoms with Gasteiger partial charge in [0.2, 0.25) is 0 Å². The van der Waals surface area contributed by atoms with Crippen LogP contribution in [-0.4, -0.2) is 70.1 Å². The largest absolute Gasteiger partial charge is 0.481 e. The number of nitrogens with two attached hydrogens (primary N) is 2. The van der Waals surface area contributed by atoms with Gasteiger partial charge < -0.3 is 32.3 Å². The Labute approximate surface area is 200 Å². The first-order valence-electron chi connectivity index (χ1n) is 11.9. The lowest BCUT2D eigenvalue weighted by atomic mass is 9.93. The van der Waals surface area contributed by atoms with Gasteiger partial charge in [-0.1, -0.05) is 19.3 Å². The number of carboxylic acid groups (broad SMARTS) is 2. The molecule has 0 saturated carbocycles. The first kappa shape index (κ1) is 29.2. The molecule has 2 fully saturated rings. The number of unbranched alkanes of at least 4 members (excludes halogenated alkanes) is 4. The molecule has 0 aromatic rings. The predicted octanol–water partition coefficient (Wildman–Crippen LogP) is 1.70. The summed E-state index contributed by atoms with van der Waals surface area (Å²) in [4.78, 5) is 44.6. The molecular formula is C22H40N4O6S. The van der Waals surface area contributed by atoms with Crippen LogP contribution in [0.4, 0.5) is 4.79 Å². The number of ketones is 1. The molecule has 0 aliphatic carbocycles. The Hall–Kier alpha value is -1.85. The minimum Gasteiger partial charge on any atom is -0.481 e. The van der Waals surface area contributed by atoms with E-state index in [1.165, 1.54) is 0 Å². The number of Topliss-reactive ketones (excluding diaryl/α,β-unsaturated/α-hetero) is 1. The van der Waals surface area contributed by atoms with E-state index in [-0.39, 0.29) is 30.3 Å². The summed E-state index contributed by atoms with van der Waals surface area (Å²) < 4.78 is 0. The minimum atomic E-state index is -1.02. The lowest BCUT2D eigenvalue weighted by Crippen LogP contribution is -2.36. The molecule has 0 spiro atoms. The van der Waals surface area contributed by atoms with Gasteiger partial charge in [-0.2, -0.15) is 11.8 Å². The van der Waals surface area contributed by atoms with Gasteiger partial charge in [0.25, 0.3) is 0 Å². The van der Waals surface area contributed by atoms with Crippen molar-refractivity contribution in [3.8, 4) is 0 Å². The maximum Gasteiger partial charge on any atom is 0.315 e. The molecule has 2 heterocycles. The second-order valence-electron chi connectivity index (χ2n) is 8.50. The van der Waals surface area contributed by atoms with Crippen molar-refractivity contribution >= 4 is 35.5 Å². The summed E-state index contributed by atoms with van der Waals surface area (Å²) in [6, 6.07) is 0.307. The number of aliphatic carboxylic acids is 2. The quantitative estimate of drug-likeness (QED) is 0.107. The summed E-state index contributed by atoms with van der Waals surface area (Å²) in [5, 5.41) is 23.6. The van der Waals surface area contributed by atoms with Gasteiger partial charge in [0, 0.05) is 23.8 Å². The molecule has 33 heavy (non-hydrogen) atoms. The van der Waals surface area contributed by atoms with Gasteiger partial charge in [-0.3, -0.25) is 14.4 Å². The van der Waals surface area contributed by atoms with Crippen LogP contribution in [0.25, 0.3) is 0 Å². The SMILES string of the molecule is NCCCCC(C(=O)O)C(=O)CCCC[C@@H]1SC[C@@H]2NC(=O)N[C@@H]21.NCCCCCC(=O)O. The Morgan fingerprint density at radius 2 is 1.61 bits per heavy atom. The minimum absolute atomic E-state index is 0.0905. The molecule has 8 N–H and O–H groups in total. The molecular weight excluding hydrogens is 448 g/mol. The third kappa shape index (κ3) is 11.7. The number of hydrogen-bond donors (Lipinski definition) is 6. The molecule has 0 aromatic heterocycles. The summed E-state index contributed by atoms with van der Waals surface area (Å²) in [6.07, 6.45) is 7.54. The van der Waals surface area contributed by atoms with Crippen molar-refractivity contribution in [2.24, 2.45) is 17.4 Å². The monoisotopic (exact) mass is 488 g/mol. The summed E-state index contributed by atoms with van der Waals surface area (Å²) in [7, 11) is 0. The van der Waals surface area contributed by atoms with E-state index in [9.17, 15) is 24.3 Å². The van der Waals surface area contributed by atoms with Crippen molar-refractivity contribution < 1.29 is 29.4 Å². The van der Waals surface area contributed by atoms with Crippen molar-refractivity contribution in [2.75, 3.05) is 18.8 Å². The van der Waals surface area contributed by atoms with Gasteiger partial charge in [0.15, 0.2) is 0 Å². The van der Waals surface area contributed by atoms with Gasteiger partial charge in [0.05, 0.1) is 12.1 Å². The molecule has 190 valence electrons. The molecule has 11 heteroatoms. The van der Waals surface area contributed by atoms with Crippen LogP contribution in [0.15, 0.2) is 0 Å². The zero-order valence-electron chi connectivity index (χ0n) is 19.3. The number of fused-ring (bicyclic) bond motifs is 1. The summed E-state index contributed by atoms with van der Waals surface area (Å²) in [6.45, 7) is 1.19. The standard InChI is InChI=1S/C16H27N3O4S.C6H13NO2/c17-8-4-3-5-10(15(21)22)12(20)6-1-2-7-13-14-11(9-24-13)18-16(23)19-14;7-5-3-1-2-4-6(8)9/h10-11,13-14H,1-9,17H2,(H,21,22)(H2,18,19,23);1-5,7H2,(H,8,9)/t10?,11-,13-,14-;/m0./s1. The first-order valence-corrected chi connectivity index (χ1v) is 12.9. The highest BCUT2D eigenvalue weighted by Gasteiger charge is 2.42. The van der Waals surface area contributed by atoms with E-state index in [4.69, 9.17) is 16.6 Å². The van der Waals surface area contributed by atoms with Crippen molar-refractivity contribution in [3.63, 3.8) is 0 Å². The molecule has 1 unspecified atom stereocenters. The number of urea groups is 1. The Kier molecular flexibility index (Phi) is 14.8. The highest BCUT2D eigenvalue weighted by molar-refractivity contribution is 8.00. The zero-order chi connectivity index (χ0) is 24.6. The lowest BCUT2D eigenvalue weighted by molar-refractivity contribution is -0.146. The van der Waals surface area contributed by atoms with Crippen molar-refractivity contribution in [1.29, 1.82) is 0 Å². The topological polar surface area (TPSA) is 185 Å². The second kappa shape index (κ2) is 16.7. The van der Waals surface area contributed by atoms with Crippen molar-refractivity contribution in [3.05, 3.63) is 0 Å². The van der Waals surface area contributed by atoms with E-state index >= 15 is 0 Å². The fourth-order valence-electron chi connectivity index (χ4n) is 3.97. The number of carboxylic acids is 2. The molecule has 0 bridgehead atoms. The molecule has 10 nitrogen and oxygen atoms in total. The number of carbonyl (C=O) groups excluding carboxylic acids is 2. The van der Waals surface area contributed by atoms with Gasteiger partial charge in [0.1, 0.15) is 11.7 Å². The molecule has 4 atom stereocenters. The maximum atomic E-state index is 12.1. The molecule has 2 saturated heterocycles. The molecule has 0 radical (unpaired) electrons. The number of nitrogens with one attached hydrogen (secondary N) is 2. The third-order valence-corrected chi connectivity index (χ3v) is 7.34. The van der Waals surface area contributed by atoms with E-state index in [1.54, 1.807) is 0 Å². The molecule has 2 aliphatic rings. The van der Waals surface area contributed by atoms with Crippen LogP contribution >= 0.6 is 11.8 Å². The average Bonchev–Trinajstić information content (AvgIpc) is 3.31. The average molecular weight is 489 g/mol. The first-order chi connectivity index (χ1) is 15.8. The number of carbonyl (C=O) groups is 4.